The molecule has 27 heavy (non-hydrogen) atoms. The summed E-state index contributed by atoms with van der Waals surface area (Å²) in [6.07, 6.45) is 1.09. The summed E-state index contributed by atoms with van der Waals surface area (Å²) in [5.74, 6) is 0.139. The monoisotopic (exact) mass is 407 g/mol. The Morgan fingerprint density at radius 2 is 1.96 bits per heavy atom. The van der Waals surface area contributed by atoms with E-state index < -0.39 is 6.04 Å². The maximum Gasteiger partial charge on any atom is 0.242 e. The van der Waals surface area contributed by atoms with Crippen LogP contribution in [0.1, 0.15) is 37.7 Å². The minimum Gasteiger partial charge on any atom is -0.354 e. The van der Waals surface area contributed by atoms with Gasteiger partial charge in [0.1, 0.15) is 17.7 Å². The highest BCUT2D eigenvalue weighted by Gasteiger charge is 2.23. The summed E-state index contributed by atoms with van der Waals surface area (Å²) in [6, 6.07) is 9.37. The van der Waals surface area contributed by atoms with Crippen molar-refractivity contribution in [1.29, 1.82) is 0 Å². The average molecular weight is 408 g/mol. The highest BCUT2D eigenvalue weighted by molar-refractivity contribution is 6.42. The summed E-state index contributed by atoms with van der Waals surface area (Å²) in [5, 5.41) is 3.66. The van der Waals surface area contributed by atoms with Gasteiger partial charge in [0.15, 0.2) is 0 Å². The summed E-state index contributed by atoms with van der Waals surface area (Å²) < 4.78 is 16.0. The Morgan fingerprint density at radius 1 is 1.26 bits per heavy atom. The predicted octanol–water partition coefficient (Wildman–Crippen LogP) is 5.16. The van der Waals surface area contributed by atoms with E-state index in [4.69, 9.17) is 23.2 Å². The van der Waals surface area contributed by atoms with Crippen molar-refractivity contribution in [3.63, 3.8) is 0 Å². The van der Waals surface area contributed by atoms with Crippen LogP contribution in [0.15, 0.2) is 36.4 Å². The van der Waals surface area contributed by atoms with Gasteiger partial charge in [-0.05, 0) is 37.1 Å². The van der Waals surface area contributed by atoms with E-state index in [1.807, 2.05) is 6.92 Å². The number of hydrogen-bond acceptors (Lipinski definition) is 2. The van der Waals surface area contributed by atoms with Crippen LogP contribution in [0.2, 0.25) is 10.0 Å². The molecule has 1 amide bonds. The van der Waals surface area contributed by atoms with E-state index in [1.165, 1.54) is 6.07 Å². The number of nitrogens with zero attached hydrogens (tertiary/aromatic N) is 2. The topological polar surface area (TPSA) is 46.9 Å². The Hall–Kier alpha value is -2.11. The van der Waals surface area contributed by atoms with E-state index >= 15 is 0 Å². The van der Waals surface area contributed by atoms with E-state index in [0.29, 0.717) is 39.0 Å². The molecule has 1 aromatic heterocycles. The van der Waals surface area contributed by atoms with Gasteiger partial charge in [0.05, 0.1) is 21.1 Å². The number of carbonyl (C=O) groups is 1. The highest BCUT2D eigenvalue weighted by atomic mass is 35.5. The van der Waals surface area contributed by atoms with Crippen molar-refractivity contribution >= 4 is 40.1 Å². The molecule has 0 saturated carbocycles. The van der Waals surface area contributed by atoms with Crippen LogP contribution in [-0.2, 0) is 11.2 Å². The van der Waals surface area contributed by atoms with Crippen LogP contribution < -0.4 is 5.32 Å². The van der Waals surface area contributed by atoms with Crippen molar-refractivity contribution in [1.82, 2.24) is 14.9 Å². The van der Waals surface area contributed by atoms with E-state index in [1.54, 1.807) is 41.8 Å². The molecule has 2 aromatic carbocycles. The molecule has 0 spiro atoms. The zero-order valence-electron chi connectivity index (χ0n) is 15.1. The molecule has 0 fully saturated rings. The number of carbonyl (C=O) groups excluding carboxylic acids is 1. The van der Waals surface area contributed by atoms with Gasteiger partial charge in [0.2, 0.25) is 5.91 Å². The van der Waals surface area contributed by atoms with E-state index in [9.17, 15) is 9.18 Å². The molecule has 142 valence electrons. The molecule has 0 bridgehead atoms. The van der Waals surface area contributed by atoms with Crippen LogP contribution in [0, 0.1) is 5.82 Å². The van der Waals surface area contributed by atoms with Crippen molar-refractivity contribution < 1.29 is 9.18 Å². The second-order valence-corrected chi connectivity index (χ2v) is 7.20. The quantitative estimate of drug-likeness (QED) is 0.613. The van der Waals surface area contributed by atoms with Gasteiger partial charge in [0, 0.05) is 13.0 Å². The number of hydrogen-bond donors (Lipinski definition) is 1. The lowest BCUT2D eigenvalue weighted by molar-refractivity contribution is -0.123. The predicted molar refractivity (Wildman–Crippen MR) is 107 cm³/mol. The number of rotatable bonds is 6. The fraction of sp³-hybridized carbons (Fsp3) is 0.300. The normalized spacial score (nSPS) is 12.3. The van der Waals surface area contributed by atoms with Gasteiger partial charge < -0.3 is 9.88 Å². The fourth-order valence-electron chi connectivity index (χ4n) is 3.02. The third kappa shape index (κ3) is 4.09. The zero-order valence-corrected chi connectivity index (χ0v) is 16.6. The first-order valence-corrected chi connectivity index (χ1v) is 9.55. The molecule has 0 aliphatic rings. The lowest BCUT2D eigenvalue weighted by Gasteiger charge is -2.18. The van der Waals surface area contributed by atoms with Gasteiger partial charge in [0.25, 0.3) is 0 Å². The fourth-order valence-corrected chi connectivity index (χ4v) is 3.34. The maximum atomic E-state index is 14.2. The SMILES string of the molecule is CCCNC(=O)C(C)n1c(Cc2ccccc2F)nc2cc(Cl)c(Cl)cc21. The third-order valence-electron chi connectivity index (χ3n) is 4.43. The van der Waals surface area contributed by atoms with Gasteiger partial charge in [-0.15, -0.1) is 0 Å². The maximum absolute atomic E-state index is 14.2. The molecule has 3 rings (SSSR count). The number of halogens is 3. The molecule has 4 nitrogen and oxygen atoms in total. The van der Waals surface area contributed by atoms with Crippen LogP contribution >= 0.6 is 23.2 Å². The van der Waals surface area contributed by atoms with Crippen LogP contribution in [0.25, 0.3) is 11.0 Å². The Kier molecular flexibility index (Phi) is 6.02. The molecule has 3 aromatic rings. The van der Waals surface area contributed by atoms with Crippen LogP contribution in [-0.4, -0.2) is 22.0 Å². The number of nitrogens with one attached hydrogen (secondary N) is 1. The van der Waals surface area contributed by atoms with E-state index in [0.717, 1.165) is 6.42 Å². The number of benzene rings is 2. The molecule has 1 atom stereocenters. The summed E-state index contributed by atoms with van der Waals surface area (Å²) in [4.78, 5) is 17.2. The second kappa shape index (κ2) is 8.28. The van der Waals surface area contributed by atoms with Crippen molar-refractivity contribution in [3.8, 4) is 0 Å². The molecule has 1 unspecified atom stereocenters. The Morgan fingerprint density at radius 3 is 2.67 bits per heavy atom. The van der Waals surface area contributed by atoms with Gasteiger partial charge in [-0.25, -0.2) is 9.37 Å². The van der Waals surface area contributed by atoms with Gasteiger partial charge in [-0.2, -0.15) is 0 Å². The summed E-state index contributed by atoms with van der Waals surface area (Å²) in [6.45, 7) is 4.37. The smallest absolute Gasteiger partial charge is 0.242 e. The first-order valence-electron chi connectivity index (χ1n) is 8.79. The molecule has 1 heterocycles. The van der Waals surface area contributed by atoms with Crippen molar-refractivity contribution in [2.45, 2.75) is 32.7 Å². The minimum absolute atomic E-state index is 0.128. The van der Waals surface area contributed by atoms with E-state index in [2.05, 4.69) is 10.3 Å². The summed E-state index contributed by atoms with van der Waals surface area (Å²) in [5.41, 5.74) is 1.81. The van der Waals surface area contributed by atoms with Crippen molar-refractivity contribution in [2.24, 2.45) is 0 Å². The van der Waals surface area contributed by atoms with Gasteiger partial charge in [-0.3, -0.25) is 4.79 Å². The first kappa shape index (κ1) is 19.6. The first-order chi connectivity index (χ1) is 12.9. The number of amides is 1. The van der Waals surface area contributed by atoms with Gasteiger partial charge >= 0.3 is 0 Å². The molecule has 1 N–H and O–H groups in total. The summed E-state index contributed by atoms with van der Waals surface area (Å²) >= 11 is 12.3. The lowest BCUT2D eigenvalue weighted by Crippen LogP contribution is -2.32. The Balaban J connectivity index is 2.11. The van der Waals surface area contributed by atoms with Crippen LogP contribution in [0.3, 0.4) is 0 Å². The van der Waals surface area contributed by atoms with E-state index in [-0.39, 0.29) is 18.1 Å². The van der Waals surface area contributed by atoms with Crippen LogP contribution in [0.5, 0.6) is 0 Å². The van der Waals surface area contributed by atoms with Crippen molar-refractivity contribution in [2.75, 3.05) is 6.54 Å². The third-order valence-corrected chi connectivity index (χ3v) is 5.15. The molecular weight excluding hydrogens is 388 g/mol. The standard InChI is InChI=1S/C20H20Cl2FN3O/c1-3-8-24-20(27)12(2)26-18-11-15(22)14(21)10-17(18)25-19(26)9-13-6-4-5-7-16(13)23/h4-7,10-12H,3,8-9H2,1-2H3,(H,24,27). The van der Waals surface area contributed by atoms with Crippen LogP contribution in [0.4, 0.5) is 4.39 Å². The average Bonchev–Trinajstić information content (AvgIpc) is 2.98. The molecule has 0 aliphatic heterocycles. The molecule has 0 radical (unpaired) electrons. The molecular formula is C20H20Cl2FN3O. The highest BCUT2D eigenvalue weighted by Crippen LogP contribution is 2.31. The largest absolute Gasteiger partial charge is 0.354 e. The summed E-state index contributed by atoms with van der Waals surface area (Å²) in [7, 11) is 0. The molecule has 0 aliphatic carbocycles. The van der Waals surface area contributed by atoms with Crippen molar-refractivity contribution in [3.05, 3.63) is 63.6 Å². The number of aromatic nitrogens is 2. The second-order valence-electron chi connectivity index (χ2n) is 6.39. The molecule has 0 saturated heterocycles. The van der Waals surface area contributed by atoms with Gasteiger partial charge in [-0.1, -0.05) is 48.3 Å². The number of imidazole rings is 1. The minimum atomic E-state index is -0.527. The molecule has 7 heteroatoms. The Bertz CT molecular complexity index is 987. The Labute approximate surface area is 167 Å². The zero-order chi connectivity index (χ0) is 19.6. The lowest BCUT2D eigenvalue weighted by atomic mass is 10.1. The number of fused-ring (bicyclic) bond motifs is 1.